The molecular formula is C32H30FN5O7S. The maximum atomic E-state index is 13.5. The van der Waals surface area contributed by atoms with Gasteiger partial charge in [-0.1, -0.05) is 12.1 Å². The number of halogens is 1. The summed E-state index contributed by atoms with van der Waals surface area (Å²) in [5.74, 6) is -1.04. The van der Waals surface area contributed by atoms with Gasteiger partial charge >= 0.3 is 6.09 Å². The Labute approximate surface area is 267 Å². The van der Waals surface area contributed by atoms with Crippen molar-refractivity contribution in [3.05, 3.63) is 83.5 Å². The Bertz CT molecular complexity index is 1750. The monoisotopic (exact) mass is 647 g/mol. The molecule has 1 aromatic heterocycles. The summed E-state index contributed by atoms with van der Waals surface area (Å²) in [6, 6.07) is 16.8. The number of carbonyl (C=O) groups is 4. The summed E-state index contributed by atoms with van der Waals surface area (Å²) >= 11 is 1.20. The van der Waals surface area contributed by atoms with Crippen LogP contribution in [0, 0.1) is 5.82 Å². The highest BCUT2D eigenvalue weighted by Gasteiger charge is 2.24. The number of hydrogen-bond donors (Lipinski definition) is 3. The van der Waals surface area contributed by atoms with Crippen LogP contribution in [-0.4, -0.2) is 54.3 Å². The fourth-order valence-corrected chi connectivity index (χ4v) is 4.98. The Morgan fingerprint density at radius 3 is 2.37 bits per heavy atom. The van der Waals surface area contributed by atoms with Gasteiger partial charge in [0, 0.05) is 39.5 Å². The SMILES string of the molecule is CC(C)(C)NC(=O)OCC(=O)Nc1nc(-c2ccc(NC(=O)CN(C(=O)c3ccc(F)cc3)c3ccc4c(c3)OCO4)cc2)cs1. The van der Waals surface area contributed by atoms with Gasteiger partial charge in [-0.3, -0.25) is 24.6 Å². The van der Waals surface area contributed by atoms with Gasteiger partial charge in [0.2, 0.25) is 12.7 Å². The van der Waals surface area contributed by atoms with Crippen molar-refractivity contribution in [3.8, 4) is 22.8 Å². The molecule has 12 nitrogen and oxygen atoms in total. The maximum Gasteiger partial charge on any atom is 0.408 e. The number of nitrogens with one attached hydrogen (secondary N) is 3. The van der Waals surface area contributed by atoms with Crippen molar-refractivity contribution in [1.29, 1.82) is 0 Å². The number of hydrogen-bond acceptors (Lipinski definition) is 9. The van der Waals surface area contributed by atoms with E-state index in [0.717, 1.165) is 5.56 Å². The van der Waals surface area contributed by atoms with Gasteiger partial charge in [0.1, 0.15) is 12.4 Å². The summed E-state index contributed by atoms with van der Waals surface area (Å²) in [4.78, 5) is 56.2. The third-order valence-electron chi connectivity index (χ3n) is 6.33. The van der Waals surface area contributed by atoms with E-state index in [0.29, 0.717) is 33.7 Å². The van der Waals surface area contributed by atoms with Gasteiger partial charge < -0.3 is 24.8 Å². The zero-order chi connectivity index (χ0) is 32.8. The molecule has 0 saturated heterocycles. The van der Waals surface area contributed by atoms with Gasteiger partial charge in [0.15, 0.2) is 23.2 Å². The minimum atomic E-state index is -0.699. The molecule has 3 N–H and O–H groups in total. The van der Waals surface area contributed by atoms with Crippen LogP contribution < -0.4 is 30.3 Å². The fraction of sp³-hybridized carbons (Fsp3) is 0.219. The summed E-state index contributed by atoms with van der Waals surface area (Å²) < 4.78 is 29.2. The highest BCUT2D eigenvalue weighted by molar-refractivity contribution is 7.14. The first-order valence-electron chi connectivity index (χ1n) is 14.0. The molecule has 2 heterocycles. The van der Waals surface area contributed by atoms with E-state index in [1.54, 1.807) is 68.6 Å². The number of aromatic nitrogens is 1. The molecule has 1 aliphatic heterocycles. The van der Waals surface area contributed by atoms with Gasteiger partial charge in [-0.25, -0.2) is 14.2 Å². The molecule has 0 atom stereocenters. The molecule has 0 fully saturated rings. The summed E-state index contributed by atoms with van der Waals surface area (Å²) in [5.41, 5.74) is 1.90. The number of thiazole rings is 1. The number of fused-ring (bicyclic) bond motifs is 1. The number of alkyl carbamates (subject to hydrolysis) is 1. The number of rotatable bonds is 9. The lowest BCUT2D eigenvalue weighted by Crippen LogP contribution is -2.41. The fourth-order valence-electron chi connectivity index (χ4n) is 4.24. The van der Waals surface area contributed by atoms with Crippen LogP contribution in [0.1, 0.15) is 31.1 Å². The first-order chi connectivity index (χ1) is 21.9. The van der Waals surface area contributed by atoms with E-state index >= 15 is 0 Å². The minimum Gasteiger partial charge on any atom is -0.454 e. The van der Waals surface area contributed by atoms with Crippen LogP contribution in [0.3, 0.4) is 0 Å². The number of ether oxygens (including phenoxy) is 3. The smallest absolute Gasteiger partial charge is 0.408 e. The number of amides is 4. The molecular weight excluding hydrogens is 617 g/mol. The predicted molar refractivity (Wildman–Crippen MR) is 170 cm³/mol. The van der Waals surface area contributed by atoms with Crippen molar-refractivity contribution in [3.63, 3.8) is 0 Å². The summed E-state index contributed by atoms with van der Waals surface area (Å²) in [6.45, 7) is 4.62. The van der Waals surface area contributed by atoms with Crippen LogP contribution in [0.2, 0.25) is 0 Å². The molecule has 4 amide bonds. The summed E-state index contributed by atoms with van der Waals surface area (Å²) in [6.07, 6.45) is -0.699. The second-order valence-electron chi connectivity index (χ2n) is 11.1. The first kappa shape index (κ1) is 31.9. The van der Waals surface area contributed by atoms with E-state index in [9.17, 15) is 23.6 Å². The lowest BCUT2D eigenvalue weighted by Gasteiger charge is -2.23. The minimum absolute atomic E-state index is 0.0465. The average molecular weight is 648 g/mol. The van der Waals surface area contributed by atoms with E-state index in [2.05, 4.69) is 20.9 Å². The molecule has 238 valence electrons. The third kappa shape index (κ3) is 8.35. The molecule has 46 heavy (non-hydrogen) atoms. The molecule has 3 aromatic carbocycles. The van der Waals surface area contributed by atoms with Crippen molar-refractivity contribution in [2.24, 2.45) is 0 Å². The van der Waals surface area contributed by atoms with E-state index < -0.39 is 41.8 Å². The molecule has 0 unspecified atom stereocenters. The van der Waals surface area contributed by atoms with Gasteiger partial charge in [-0.05, 0) is 69.3 Å². The molecule has 4 aromatic rings. The number of carbonyl (C=O) groups excluding carboxylic acids is 4. The van der Waals surface area contributed by atoms with Crippen LogP contribution in [-0.2, 0) is 14.3 Å². The normalized spacial score (nSPS) is 11.8. The van der Waals surface area contributed by atoms with Crippen LogP contribution in [0.4, 0.5) is 25.7 Å². The van der Waals surface area contributed by atoms with Crippen molar-refractivity contribution in [2.45, 2.75) is 26.3 Å². The van der Waals surface area contributed by atoms with Crippen molar-refractivity contribution in [1.82, 2.24) is 10.3 Å². The molecule has 0 radical (unpaired) electrons. The molecule has 0 aliphatic carbocycles. The Kier molecular flexibility index (Phi) is 9.47. The average Bonchev–Trinajstić information content (AvgIpc) is 3.68. The van der Waals surface area contributed by atoms with E-state index in [1.807, 2.05) is 0 Å². The van der Waals surface area contributed by atoms with Crippen LogP contribution in [0.25, 0.3) is 11.3 Å². The molecule has 0 saturated carbocycles. The topological polar surface area (TPSA) is 148 Å². The Balaban J connectivity index is 1.21. The van der Waals surface area contributed by atoms with Crippen molar-refractivity contribution in [2.75, 3.05) is 35.5 Å². The number of anilines is 3. The molecule has 1 aliphatic rings. The quantitative estimate of drug-likeness (QED) is 0.218. The third-order valence-corrected chi connectivity index (χ3v) is 7.09. The van der Waals surface area contributed by atoms with Crippen LogP contribution >= 0.6 is 11.3 Å². The molecule has 5 rings (SSSR count). The number of benzene rings is 3. The molecule has 14 heteroatoms. The Hall–Kier alpha value is -5.50. The number of nitrogens with zero attached hydrogens (tertiary/aromatic N) is 2. The van der Waals surface area contributed by atoms with Crippen molar-refractivity contribution < 1.29 is 37.8 Å². The zero-order valence-electron chi connectivity index (χ0n) is 25.1. The molecule has 0 spiro atoms. The second-order valence-corrected chi connectivity index (χ2v) is 12.0. The van der Waals surface area contributed by atoms with Gasteiger partial charge in [-0.15, -0.1) is 11.3 Å². The second kappa shape index (κ2) is 13.6. The molecule has 0 bridgehead atoms. The largest absolute Gasteiger partial charge is 0.454 e. The van der Waals surface area contributed by atoms with E-state index in [1.165, 1.54) is 40.5 Å². The lowest BCUT2D eigenvalue weighted by molar-refractivity contribution is -0.119. The Morgan fingerprint density at radius 1 is 0.935 bits per heavy atom. The van der Waals surface area contributed by atoms with Gasteiger partial charge in [0.05, 0.1) is 5.69 Å². The Morgan fingerprint density at radius 2 is 1.65 bits per heavy atom. The predicted octanol–water partition coefficient (Wildman–Crippen LogP) is 5.43. The first-order valence-corrected chi connectivity index (χ1v) is 14.9. The standard InChI is InChI=1S/C32H30FN5O7S/c1-32(2,3)37-31(42)43-16-28(40)36-30-35-24(17-46-30)19-6-10-22(11-7-19)34-27(39)15-38(29(41)20-4-8-21(33)9-5-20)23-12-13-25-26(14-23)45-18-44-25/h4-14,17H,15-16,18H2,1-3H3,(H,34,39)(H,37,42)(H,35,36,40). The summed E-state index contributed by atoms with van der Waals surface area (Å²) in [5, 5.41) is 10.1. The van der Waals surface area contributed by atoms with Gasteiger partial charge in [0.25, 0.3) is 11.8 Å². The van der Waals surface area contributed by atoms with Crippen LogP contribution in [0.15, 0.2) is 72.1 Å². The summed E-state index contributed by atoms with van der Waals surface area (Å²) in [7, 11) is 0. The van der Waals surface area contributed by atoms with E-state index in [4.69, 9.17) is 14.2 Å². The highest BCUT2D eigenvalue weighted by Crippen LogP contribution is 2.36. The van der Waals surface area contributed by atoms with E-state index in [-0.39, 0.29) is 18.9 Å². The van der Waals surface area contributed by atoms with Gasteiger partial charge in [-0.2, -0.15) is 0 Å². The highest BCUT2D eigenvalue weighted by atomic mass is 32.1. The lowest BCUT2D eigenvalue weighted by atomic mass is 10.1. The van der Waals surface area contributed by atoms with Crippen molar-refractivity contribution >= 4 is 51.7 Å². The maximum absolute atomic E-state index is 13.5. The zero-order valence-corrected chi connectivity index (χ0v) is 25.9. The van der Waals surface area contributed by atoms with Crippen LogP contribution in [0.5, 0.6) is 11.5 Å².